The highest BCUT2D eigenvalue weighted by Crippen LogP contribution is 2.26. The molecule has 1 saturated heterocycles. The Labute approximate surface area is 104 Å². The third kappa shape index (κ3) is 2.43. The lowest BCUT2D eigenvalue weighted by Gasteiger charge is -2.33. The lowest BCUT2D eigenvalue weighted by Crippen LogP contribution is -2.39. The third-order valence-electron chi connectivity index (χ3n) is 3.19. The topological polar surface area (TPSA) is 64.3 Å². The fraction of sp³-hybridized carbons (Fsp3) is 0.385. The Hall–Kier alpha value is -2.09. The molecule has 1 atom stereocenters. The fourth-order valence-corrected chi connectivity index (χ4v) is 2.27. The molecule has 0 saturated carbocycles. The average molecular weight is 248 g/mol. The van der Waals surface area contributed by atoms with Gasteiger partial charge >= 0.3 is 5.97 Å². The van der Waals surface area contributed by atoms with Crippen LogP contribution in [0, 0.1) is 23.1 Å². The molecule has 2 rings (SSSR count). The smallest absolute Gasteiger partial charge is 0.308 e. The summed E-state index contributed by atoms with van der Waals surface area (Å²) < 4.78 is 13.0. The van der Waals surface area contributed by atoms with Crippen molar-refractivity contribution in [2.45, 2.75) is 12.8 Å². The van der Waals surface area contributed by atoms with Crippen LogP contribution in [0.2, 0.25) is 0 Å². The van der Waals surface area contributed by atoms with Crippen LogP contribution in [0.15, 0.2) is 18.2 Å². The van der Waals surface area contributed by atoms with Crippen LogP contribution in [-0.4, -0.2) is 24.2 Å². The Morgan fingerprint density at radius 1 is 1.56 bits per heavy atom. The van der Waals surface area contributed by atoms with Gasteiger partial charge in [-0.1, -0.05) is 0 Å². The summed E-state index contributed by atoms with van der Waals surface area (Å²) in [7, 11) is 0. The van der Waals surface area contributed by atoms with Crippen LogP contribution in [-0.2, 0) is 4.79 Å². The van der Waals surface area contributed by atoms with Crippen molar-refractivity contribution in [2.24, 2.45) is 5.92 Å². The lowest BCUT2D eigenvalue weighted by atomic mass is 9.97. The van der Waals surface area contributed by atoms with Crippen LogP contribution in [0.25, 0.3) is 0 Å². The van der Waals surface area contributed by atoms with Crippen LogP contribution in [0.4, 0.5) is 10.1 Å². The zero-order valence-electron chi connectivity index (χ0n) is 9.77. The highest BCUT2D eigenvalue weighted by molar-refractivity contribution is 5.72. The normalized spacial score (nSPS) is 19.3. The second-order valence-corrected chi connectivity index (χ2v) is 4.40. The van der Waals surface area contributed by atoms with E-state index in [-0.39, 0.29) is 5.56 Å². The van der Waals surface area contributed by atoms with E-state index in [9.17, 15) is 9.18 Å². The number of hydrogen-bond acceptors (Lipinski definition) is 3. The molecule has 0 unspecified atom stereocenters. The summed E-state index contributed by atoms with van der Waals surface area (Å²) >= 11 is 0. The molecule has 0 bridgehead atoms. The monoisotopic (exact) mass is 248 g/mol. The third-order valence-corrected chi connectivity index (χ3v) is 3.19. The molecule has 1 aromatic rings. The number of piperidine rings is 1. The van der Waals surface area contributed by atoms with Crippen molar-refractivity contribution >= 4 is 11.7 Å². The van der Waals surface area contributed by atoms with E-state index in [2.05, 4.69) is 0 Å². The van der Waals surface area contributed by atoms with Crippen molar-refractivity contribution in [1.29, 1.82) is 5.26 Å². The minimum Gasteiger partial charge on any atom is -0.481 e. The van der Waals surface area contributed by atoms with Crippen molar-refractivity contribution in [1.82, 2.24) is 0 Å². The highest BCUT2D eigenvalue weighted by atomic mass is 19.1. The Balaban J connectivity index is 2.26. The number of benzene rings is 1. The summed E-state index contributed by atoms with van der Waals surface area (Å²) in [5, 5.41) is 18.0. The number of hydrogen-bond donors (Lipinski definition) is 1. The largest absolute Gasteiger partial charge is 0.481 e. The van der Waals surface area contributed by atoms with Gasteiger partial charge in [-0.3, -0.25) is 4.79 Å². The number of carboxylic acid groups (broad SMARTS) is 1. The molecule has 4 nitrogen and oxygen atoms in total. The van der Waals surface area contributed by atoms with Gasteiger partial charge in [0.1, 0.15) is 11.9 Å². The minimum absolute atomic E-state index is 0.251. The molecule has 0 amide bonds. The van der Waals surface area contributed by atoms with Crippen molar-refractivity contribution in [3.05, 3.63) is 29.6 Å². The molecule has 1 aliphatic heterocycles. The molecule has 0 aliphatic carbocycles. The van der Waals surface area contributed by atoms with Crippen LogP contribution in [0.3, 0.4) is 0 Å². The summed E-state index contributed by atoms with van der Waals surface area (Å²) in [6.07, 6.45) is 1.41. The van der Waals surface area contributed by atoms with E-state index in [1.54, 1.807) is 0 Å². The molecule has 1 N–H and O–H groups in total. The van der Waals surface area contributed by atoms with E-state index >= 15 is 0 Å². The SMILES string of the molecule is N#Cc1cc(F)ccc1N1CCC[C@@H](C(=O)O)C1. The molecule has 1 aromatic carbocycles. The Morgan fingerprint density at radius 3 is 3.00 bits per heavy atom. The van der Waals surface area contributed by atoms with Gasteiger partial charge in [0.2, 0.25) is 0 Å². The van der Waals surface area contributed by atoms with E-state index in [0.717, 1.165) is 6.42 Å². The summed E-state index contributed by atoms with van der Waals surface area (Å²) in [6.45, 7) is 1.07. The maximum atomic E-state index is 13.0. The molecule has 1 fully saturated rings. The standard InChI is InChI=1S/C13H13FN2O2/c14-11-3-4-12(10(6-11)7-15)16-5-1-2-9(8-16)13(17)18/h3-4,6,9H,1-2,5,8H2,(H,17,18)/t9-/m1/s1. The summed E-state index contributed by atoms with van der Waals surface area (Å²) in [5.41, 5.74) is 0.867. The number of halogens is 1. The first kappa shape index (κ1) is 12.4. The molecule has 1 heterocycles. The van der Waals surface area contributed by atoms with Crippen LogP contribution < -0.4 is 4.90 Å². The minimum atomic E-state index is -0.819. The quantitative estimate of drug-likeness (QED) is 0.869. The Kier molecular flexibility index (Phi) is 3.47. The summed E-state index contributed by atoms with van der Waals surface area (Å²) in [4.78, 5) is 12.8. The molecule has 5 heteroatoms. The molecule has 94 valence electrons. The number of carbonyl (C=O) groups is 1. The van der Waals surface area contributed by atoms with Gasteiger partial charge in [-0.2, -0.15) is 5.26 Å². The number of nitrogens with zero attached hydrogens (tertiary/aromatic N) is 2. The number of aliphatic carboxylic acids is 1. The van der Waals surface area contributed by atoms with Crippen molar-refractivity contribution in [3.63, 3.8) is 0 Å². The van der Waals surface area contributed by atoms with Gasteiger partial charge in [0, 0.05) is 13.1 Å². The molecular weight excluding hydrogens is 235 g/mol. The molecule has 0 spiro atoms. The number of rotatable bonds is 2. The first-order chi connectivity index (χ1) is 8.61. The van der Waals surface area contributed by atoms with Crippen molar-refractivity contribution in [3.8, 4) is 6.07 Å². The molecule has 0 aromatic heterocycles. The second kappa shape index (κ2) is 5.05. The van der Waals surface area contributed by atoms with E-state index in [0.29, 0.717) is 25.2 Å². The van der Waals surface area contributed by atoms with Gasteiger partial charge in [-0.25, -0.2) is 4.39 Å². The fourth-order valence-electron chi connectivity index (χ4n) is 2.27. The molecule has 0 radical (unpaired) electrons. The van der Waals surface area contributed by atoms with Crippen LogP contribution in [0.5, 0.6) is 0 Å². The summed E-state index contributed by atoms with van der Waals surface area (Å²) in [5.74, 6) is -1.70. The van der Waals surface area contributed by atoms with E-state index < -0.39 is 17.7 Å². The van der Waals surface area contributed by atoms with Crippen LogP contribution >= 0.6 is 0 Å². The first-order valence-corrected chi connectivity index (χ1v) is 5.79. The zero-order valence-corrected chi connectivity index (χ0v) is 9.77. The zero-order chi connectivity index (χ0) is 13.1. The molecule has 18 heavy (non-hydrogen) atoms. The van der Waals surface area contributed by atoms with E-state index in [4.69, 9.17) is 10.4 Å². The van der Waals surface area contributed by atoms with E-state index in [1.165, 1.54) is 18.2 Å². The number of anilines is 1. The second-order valence-electron chi connectivity index (χ2n) is 4.40. The molecular formula is C13H13FN2O2. The van der Waals surface area contributed by atoms with Gasteiger partial charge in [-0.15, -0.1) is 0 Å². The Morgan fingerprint density at radius 2 is 2.33 bits per heavy atom. The highest BCUT2D eigenvalue weighted by Gasteiger charge is 2.26. The molecule has 1 aliphatic rings. The van der Waals surface area contributed by atoms with Gasteiger partial charge in [0.25, 0.3) is 0 Å². The van der Waals surface area contributed by atoms with Gasteiger partial charge < -0.3 is 10.0 Å². The van der Waals surface area contributed by atoms with Crippen molar-refractivity contribution < 1.29 is 14.3 Å². The number of nitriles is 1. The maximum Gasteiger partial charge on any atom is 0.308 e. The average Bonchev–Trinajstić information content (AvgIpc) is 2.38. The predicted octanol–water partition coefficient (Wildman–Crippen LogP) is 2.00. The van der Waals surface area contributed by atoms with Gasteiger partial charge in [0.15, 0.2) is 0 Å². The first-order valence-electron chi connectivity index (χ1n) is 5.79. The van der Waals surface area contributed by atoms with Crippen molar-refractivity contribution in [2.75, 3.05) is 18.0 Å². The van der Waals surface area contributed by atoms with E-state index in [1.807, 2.05) is 11.0 Å². The van der Waals surface area contributed by atoms with Crippen LogP contribution in [0.1, 0.15) is 18.4 Å². The van der Waals surface area contributed by atoms with Gasteiger partial charge in [-0.05, 0) is 31.0 Å². The number of carboxylic acids is 1. The lowest BCUT2D eigenvalue weighted by molar-refractivity contribution is -0.141. The maximum absolute atomic E-state index is 13.0. The van der Waals surface area contributed by atoms with Gasteiger partial charge in [0.05, 0.1) is 17.2 Å². The predicted molar refractivity (Wildman–Crippen MR) is 63.7 cm³/mol. The Bertz CT molecular complexity index is 510. The summed E-state index contributed by atoms with van der Waals surface area (Å²) in [6, 6.07) is 5.96.